The van der Waals surface area contributed by atoms with Crippen LogP contribution < -0.4 is 20.4 Å². The van der Waals surface area contributed by atoms with E-state index >= 15 is 0 Å². The van der Waals surface area contributed by atoms with Crippen molar-refractivity contribution in [2.24, 2.45) is 23.2 Å². The van der Waals surface area contributed by atoms with Gasteiger partial charge in [-0.2, -0.15) is 0 Å². The van der Waals surface area contributed by atoms with E-state index in [1.807, 2.05) is 22.6 Å². The number of aliphatic hydroxyl groups excluding tert-OH is 2. The summed E-state index contributed by atoms with van der Waals surface area (Å²) in [5.41, 5.74) is 0.133. The first kappa shape index (κ1) is 35.1. The lowest BCUT2D eigenvalue weighted by Gasteiger charge is -2.61. The van der Waals surface area contributed by atoms with Crippen LogP contribution in [0.25, 0.3) is 11.0 Å². The van der Waals surface area contributed by atoms with E-state index in [1.165, 1.54) is 25.3 Å². The Morgan fingerprint density at radius 3 is 2.65 bits per heavy atom. The smallest absolute Gasteiger partial charge is 0.349 e. The van der Waals surface area contributed by atoms with Gasteiger partial charge < -0.3 is 34.3 Å². The second-order valence-electron chi connectivity index (χ2n) is 13.8. The second-order valence-corrected chi connectivity index (χ2v) is 15.0. The van der Waals surface area contributed by atoms with Crippen molar-refractivity contribution in [1.29, 1.82) is 0 Å². The number of carbonyl (C=O) groups excluding carboxylic acids is 3. The predicted octanol–water partition coefficient (Wildman–Crippen LogP) is 4.35. The fourth-order valence-corrected chi connectivity index (χ4v) is 8.76. The molecule has 12 heteroatoms. The largest absolute Gasteiger partial charge is 0.493 e. The molecule has 260 valence electrons. The molecule has 4 aliphatic rings. The van der Waals surface area contributed by atoms with Gasteiger partial charge in [-0.3, -0.25) is 14.4 Å². The molecule has 3 fully saturated rings. The molecule has 0 spiro atoms. The Labute approximate surface area is 297 Å². The Hall–Kier alpha value is -3.75. The van der Waals surface area contributed by atoms with E-state index in [9.17, 15) is 29.4 Å². The number of halogens is 1. The monoisotopic (exact) mass is 784 g/mol. The molecular formula is C37H41IN2O9. The van der Waals surface area contributed by atoms with Crippen LogP contribution in [-0.4, -0.2) is 78.3 Å². The molecule has 2 aromatic carbocycles. The highest BCUT2D eigenvalue weighted by atomic mass is 127. The normalized spacial score (nSPS) is 25.5. The molecule has 49 heavy (non-hydrogen) atoms. The van der Waals surface area contributed by atoms with Gasteiger partial charge in [0.2, 0.25) is 5.91 Å². The van der Waals surface area contributed by atoms with Gasteiger partial charge in [0.25, 0.3) is 5.91 Å². The van der Waals surface area contributed by atoms with Crippen LogP contribution in [0.5, 0.6) is 11.5 Å². The van der Waals surface area contributed by atoms with Crippen LogP contribution in [0.4, 0.5) is 0 Å². The lowest BCUT2D eigenvalue weighted by molar-refractivity contribution is -0.120. The lowest BCUT2D eigenvalue weighted by Crippen LogP contribution is -2.59. The summed E-state index contributed by atoms with van der Waals surface area (Å²) < 4.78 is 18.0. The number of aliphatic hydroxyl groups is 2. The predicted molar refractivity (Wildman–Crippen MR) is 190 cm³/mol. The summed E-state index contributed by atoms with van der Waals surface area (Å²) in [6.45, 7) is 4.53. The molecule has 6 atom stereocenters. The SMILES string of the molecule is COc1cc(C=O)cc(I)c1O[C@H]1C=C(C(=O)NCCO)C[C@@H](N(C[C@@H]2CC[C@H]3C[C@@H]2C3(C)C)C(=O)c2cc3ccccc3oc2=O)[C@@H]1O. The Bertz CT molecular complexity index is 1850. The van der Waals surface area contributed by atoms with Crippen LogP contribution in [0.3, 0.4) is 0 Å². The number of amides is 2. The van der Waals surface area contributed by atoms with Gasteiger partial charge in [-0.05, 0) is 95.4 Å². The molecule has 0 saturated heterocycles. The van der Waals surface area contributed by atoms with Crippen molar-refractivity contribution >= 4 is 51.7 Å². The van der Waals surface area contributed by atoms with Gasteiger partial charge in [-0.15, -0.1) is 0 Å². The Morgan fingerprint density at radius 1 is 1.18 bits per heavy atom. The molecule has 3 N–H and O–H groups in total. The van der Waals surface area contributed by atoms with E-state index in [2.05, 4.69) is 19.2 Å². The van der Waals surface area contributed by atoms with Crippen LogP contribution in [0, 0.1) is 26.7 Å². The van der Waals surface area contributed by atoms with Crippen molar-refractivity contribution in [3.63, 3.8) is 0 Å². The fraction of sp³-hybridized carbons (Fsp3) is 0.459. The van der Waals surface area contributed by atoms with Crippen LogP contribution >= 0.6 is 22.6 Å². The standard InChI is InChI=1S/C37H41IN2O9/c1-37(2)24-9-8-22(26(37)17-24)18-40(35(45)25-14-21-6-4-5-7-29(21)49-36(25)46)28-15-23(34(44)39-10-11-41)16-30(32(28)43)48-33-27(38)12-20(19-42)13-31(33)47-3/h4-7,12-14,16,19,22,24,26,28,30,32,41,43H,8-11,15,17-18H2,1-3H3,(H,39,44)/t22-,24-,26-,28+,30-,32-/m0/s1. The third-order valence-electron chi connectivity index (χ3n) is 10.8. The first-order valence-electron chi connectivity index (χ1n) is 16.6. The van der Waals surface area contributed by atoms with Gasteiger partial charge in [0.15, 0.2) is 11.5 Å². The number of hydrogen-bond donors (Lipinski definition) is 3. The minimum Gasteiger partial charge on any atom is -0.493 e. The van der Waals surface area contributed by atoms with E-state index < -0.39 is 35.7 Å². The van der Waals surface area contributed by atoms with E-state index in [0.29, 0.717) is 38.2 Å². The first-order valence-corrected chi connectivity index (χ1v) is 17.7. The molecule has 0 radical (unpaired) electrons. The molecule has 1 heterocycles. The van der Waals surface area contributed by atoms with Gasteiger partial charge in [0.05, 0.1) is 23.3 Å². The summed E-state index contributed by atoms with van der Waals surface area (Å²) in [4.78, 5) is 54.5. The number of carbonyl (C=O) groups is 3. The van der Waals surface area contributed by atoms with Crippen molar-refractivity contribution in [1.82, 2.24) is 10.2 Å². The highest BCUT2D eigenvalue weighted by molar-refractivity contribution is 14.1. The molecule has 4 aliphatic carbocycles. The van der Waals surface area contributed by atoms with Crippen LogP contribution in [-0.2, 0) is 4.79 Å². The number of fused-ring (bicyclic) bond motifs is 3. The Morgan fingerprint density at radius 2 is 1.96 bits per heavy atom. The van der Waals surface area contributed by atoms with Gasteiger partial charge in [-0.25, -0.2) is 4.79 Å². The number of nitrogens with zero attached hydrogens (tertiary/aromatic N) is 1. The van der Waals surface area contributed by atoms with Gasteiger partial charge in [-0.1, -0.05) is 32.0 Å². The van der Waals surface area contributed by atoms with E-state index in [0.717, 1.165) is 19.3 Å². The molecule has 11 nitrogen and oxygen atoms in total. The highest BCUT2D eigenvalue weighted by Gasteiger charge is 2.55. The number of rotatable bonds is 11. The van der Waals surface area contributed by atoms with E-state index in [4.69, 9.17) is 13.9 Å². The van der Waals surface area contributed by atoms with E-state index in [1.54, 1.807) is 35.2 Å². The third kappa shape index (κ3) is 6.74. The number of para-hydroxylation sites is 1. The van der Waals surface area contributed by atoms with Gasteiger partial charge in [0.1, 0.15) is 29.6 Å². The maximum Gasteiger partial charge on any atom is 0.349 e. The number of methoxy groups -OCH3 is 1. The van der Waals surface area contributed by atoms with Crippen LogP contribution in [0.1, 0.15) is 60.2 Å². The van der Waals surface area contributed by atoms with Crippen molar-refractivity contribution in [2.75, 3.05) is 26.8 Å². The fourth-order valence-electron chi connectivity index (χ4n) is 8.01. The number of ether oxygens (including phenoxy) is 2. The molecule has 3 aromatic rings. The van der Waals surface area contributed by atoms with E-state index in [-0.39, 0.29) is 60.1 Å². The average molecular weight is 785 g/mol. The Kier molecular flexibility index (Phi) is 10.2. The summed E-state index contributed by atoms with van der Waals surface area (Å²) in [6, 6.07) is 10.6. The van der Waals surface area contributed by atoms with Gasteiger partial charge >= 0.3 is 5.63 Å². The summed E-state index contributed by atoms with van der Waals surface area (Å²) in [5, 5.41) is 24.8. The summed E-state index contributed by atoms with van der Waals surface area (Å²) >= 11 is 2.01. The third-order valence-corrected chi connectivity index (χ3v) is 11.6. The molecule has 1 aromatic heterocycles. The van der Waals surface area contributed by atoms with Crippen molar-refractivity contribution in [2.45, 2.75) is 57.8 Å². The molecule has 0 aliphatic heterocycles. The zero-order valence-electron chi connectivity index (χ0n) is 27.7. The van der Waals surface area contributed by atoms with Crippen LogP contribution in [0.15, 0.2) is 63.3 Å². The van der Waals surface area contributed by atoms with Gasteiger partial charge in [0, 0.05) is 36.0 Å². The summed E-state index contributed by atoms with van der Waals surface area (Å²) in [6.07, 6.45) is 2.70. The summed E-state index contributed by atoms with van der Waals surface area (Å²) in [5.74, 6) is 0.527. The maximum absolute atomic E-state index is 14.7. The minimum atomic E-state index is -1.33. The number of aldehydes is 1. The molecular weight excluding hydrogens is 743 g/mol. The van der Waals surface area contributed by atoms with Crippen molar-refractivity contribution < 1.29 is 38.5 Å². The van der Waals surface area contributed by atoms with Crippen LogP contribution in [0.2, 0.25) is 0 Å². The second kappa shape index (κ2) is 14.2. The topological polar surface area (TPSA) is 156 Å². The average Bonchev–Trinajstić information content (AvgIpc) is 3.10. The van der Waals surface area contributed by atoms with Crippen molar-refractivity contribution in [3.8, 4) is 11.5 Å². The highest BCUT2D eigenvalue weighted by Crippen LogP contribution is 2.61. The number of benzene rings is 2. The zero-order chi connectivity index (χ0) is 35.0. The molecule has 7 rings (SSSR count). The zero-order valence-corrected chi connectivity index (χ0v) is 29.8. The van der Waals surface area contributed by atoms with Crippen molar-refractivity contribution in [3.05, 3.63) is 79.2 Å². The number of nitrogens with one attached hydrogen (secondary N) is 1. The first-order chi connectivity index (χ1) is 23.5. The molecule has 3 saturated carbocycles. The summed E-state index contributed by atoms with van der Waals surface area (Å²) in [7, 11) is 1.43. The Balaban J connectivity index is 1.42. The molecule has 0 unspecified atom stereocenters. The minimum absolute atomic E-state index is 0.00851. The maximum atomic E-state index is 14.7. The number of hydrogen-bond acceptors (Lipinski definition) is 9. The molecule has 2 bridgehead atoms. The lowest BCUT2D eigenvalue weighted by atomic mass is 9.45. The quantitative estimate of drug-likeness (QED) is 0.146. The molecule has 2 amide bonds.